The number of aliphatic carboxylic acids is 1. The number of carbonyl (C=O) groups is 2. The van der Waals surface area contributed by atoms with Gasteiger partial charge in [-0.25, -0.2) is 14.5 Å². The van der Waals surface area contributed by atoms with Gasteiger partial charge in [0, 0.05) is 20.1 Å². The maximum absolute atomic E-state index is 12.7. The van der Waals surface area contributed by atoms with Crippen molar-refractivity contribution in [2.24, 2.45) is 18.4 Å². The molecule has 3 fully saturated rings. The van der Waals surface area contributed by atoms with Crippen LogP contribution < -0.4 is 4.74 Å². The van der Waals surface area contributed by atoms with E-state index in [-0.39, 0.29) is 24.7 Å². The Hall–Kier alpha value is -3.17. The van der Waals surface area contributed by atoms with Crippen LogP contribution in [0, 0.1) is 18.3 Å². The molecule has 3 heterocycles. The van der Waals surface area contributed by atoms with Crippen LogP contribution in [0.1, 0.15) is 62.8 Å². The molecule has 1 amide bonds. The molecule has 0 aromatic carbocycles. The molecule has 1 N–H and O–H groups in total. The zero-order chi connectivity index (χ0) is 24.6. The summed E-state index contributed by atoms with van der Waals surface area (Å²) in [6, 6.07) is 3.66. The van der Waals surface area contributed by atoms with E-state index < -0.39 is 5.97 Å². The van der Waals surface area contributed by atoms with E-state index >= 15 is 0 Å². The van der Waals surface area contributed by atoms with Gasteiger partial charge in [0.1, 0.15) is 23.7 Å². The Kier molecular flexibility index (Phi) is 6.37. The predicted molar refractivity (Wildman–Crippen MR) is 126 cm³/mol. The van der Waals surface area contributed by atoms with Crippen LogP contribution in [0.3, 0.4) is 0 Å². The summed E-state index contributed by atoms with van der Waals surface area (Å²) in [7, 11) is 1.77. The van der Waals surface area contributed by atoms with E-state index in [1.54, 1.807) is 11.7 Å². The quantitative estimate of drug-likeness (QED) is 0.660. The maximum Gasteiger partial charge on any atom is 0.410 e. The smallest absolute Gasteiger partial charge is 0.410 e. The van der Waals surface area contributed by atoms with E-state index in [4.69, 9.17) is 9.47 Å². The molecule has 10 heteroatoms. The van der Waals surface area contributed by atoms with Crippen molar-refractivity contribution in [2.75, 3.05) is 13.1 Å². The van der Waals surface area contributed by atoms with Crippen molar-refractivity contribution in [3.63, 3.8) is 0 Å². The molecule has 2 saturated carbocycles. The van der Waals surface area contributed by atoms with Crippen molar-refractivity contribution in [2.45, 2.75) is 71.0 Å². The third-order valence-corrected chi connectivity index (χ3v) is 7.93. The SMILES string of the molecule is Cc1nc(-c2nnn(C)c2COC(=O)N2CCC3(CCC3)C2)ccc1O[C@H]1CCC[C@H](C(=O)O)C1. The maximum atomic E-state index is 12.7. The standard InChI is InChI=1S/C25H33N5O5/c1-16-21(35-18-6-3-5-17(13-18)23(31)32)8-7-19(26-16)22-20(29(2)28-27-22)14-34-24(33)30-12-11-25(15-30)9-4-10-25/h7-8,17-18H,3-6,9-15H2,1-2H3,(H,31,32)/t17-,18-/m0/s1. The minimum Gasteiger partial charge on any atom is -0.489 e. The van der Waals surface area contributed by atoms with Crippen LogP contribution in [0.15, 0.2) is 12.1 Å². The number of pyridine rings is 1. The summed E-state index contributed by atoms with van der Waals surface area (Å²) < 4.78 is 13.4. The number of carboxylic acids is 1. The zero-order valence-corrected chi connectivity index (χ0v) is 20.4. The summed E-state index contributed by atoms with van der Waals surface area (Å²) in [6.45, 7) is 3.47. The van der Waals surface area contributed by atoms with Gasteiger partial charge in [0.2, 0.25) is 0 Å². The Bertz CT molecular complexity index is 1110. The summed E-state index contributed by atoms with van der Waals surface area (Å²) in [4.78, 5) is 30.5. The van der Waals surface area contributed by atoms with Crippen LogP contribution in [0.5, 0.6) is 5.75 Å². The highest BCUT2D eigenvalue weighted by Gasteiger charge is 2.44. The van der Waals surface area contributed by atoms with Gasteiger partial charge in [-0.05, 0) is 69.4 Å². The summed E-state index contributed by atoms with van der Waals surface area (Å²) in [5, 5.41) is 17.7. The number of ether oxygens (including phenoxy) is 2. The lowest BCUT2D eigenvalue weighted by atomic mass is 9.68. The number of carboxylic acid groups (broad SMARTS) is 1. The van der Waals surface area contributed by atoms with Crippen LogP contribution in [0.4, 0.5) is 4.79 Å². The van der Waals surface area contributed by atoms with Crippen LogP contribution >= 0.6 is 0 Å². The Morgan fingerprint density at radius 1 is 1.20 bits per heavy atom. The van der Waals surface area contributed by atoms with Crippen molar-refractivity contribution >= 4 is 12.1 Å². The lowest BCUT2D eigenvalue weighted by molar-refractivity contribution is -0.143. The van der Waals surface area contributed by atoms with Gasteiger partial charge in [-0.15, -0.1) is 5.10 Å². The zero-order valence-electron chi connectivity index (χ0n) is 20.4. The van der Waals surface area contributed by atoms with Crippen molar-refractivity contribution in [1.29, 1.82) is 0 Å². The molecular weight excluding hydrogens is 450 g/mol. The van der Waals surface area contributed by atoms with Crippen molar-refractivity contribution in [3.8, 4) is 17.1 Å². The molecule has 3 aliphatic rings. The number of likely N-dealkylation sites (tertiary alicyclic amines) is 1. The van der Waals surface area contributed by atoms with Crippen molar-refractivity contribution in [3.05, 3.63) is 23.5 Å². The normalized spacial score (nSPS) is 23.2. The number of rotatable bonds is 6. The van der Waals surface area contributed by atoms with Gasteiger partial charge in [-0.1, -0.05) is 11.6 Å². The fourth-order valence-corrected chi connectivity index (χ4v) is 5.60. The third kappa shape index (κ3) is 4.83. The van der Waals surface area contributed by atoms with E-state index in [2.05, 4.69) is 15.3 Å². The average Bonchev–Trinajstić information content (AvgIpc) is 3.44. The minimum absolute atomic E-state index is 0.0683. The molecule has 0 unspecified atom stereocenters. The van der Waals surface area contributed by atoms with Crippen LogP contribution in [0.2, 0.25) is 0 Å². The van der Waals surface area contributed by atoms with Gasteiger partial charge in [0.15, 0.2) is 0 Å². The van der Waals surface area contributed by atoms with E-state index in [1.807, 2.05) is 24.0 Å². The number of amides is 1. The molecule has 10 nitrogen and oxygen atoms in total. The first-order chi connectivity index (χ1) is 16.8. The number of nitrogens with zero attached hydrogens (tertiary/aromatic N) is 5. The molecule has 2 aromatic rings. The van der Waals surface area contributed by atoms with E-state index in [0.29, 0.717) is 46.8 Å². The second-order valence-corrected chi connectivity index (χ2v) is 10.3. The van der Waals surface area contributed by atoms with Crippen molar-refractivity contribution in [1.82, 2.24) is 24.9 Å². The van der Waals surface area contributed by atoms with Crippen LogP contribution in [-0.4, -0.2) is 61.2 Å². The first kappa shape index (κ1) is 23.6. The average molecular weight is 484 g/mol. The van der Waals surface area contributed by atoms with E-state index in [9.17, 15) is 14.7 Å². The Morgan fingerprint density at radius 2 is 2.03 bits per heavy atom. The van der Waals surface area contributed by atoms with Gasteiger partial charge in [-0.2, -0.15) is 0 Å². The molecule has 2 aliphatic carbocycles. The molecule has 1 spiro atoms. The largest absolute Gasteiger partial charge is 0.489 e. The summed E-state index contributed by atoms with van der Waals surface area (Å²) in [5.74, 6) is -0.474. The molecule has 1 saturated heterocycles. The highest BCUT2D eigenvalue weighted by atomic mass is 16.6. The lowest BCUT2D eigenvalue weighted by Gasteiger charge is -2.37. The van der Waals surface area contributed by atoms with Gasteiger partial charge in [-0.3, -0.25) is 4.79 Å². The Balaban J connectivity index is 1.24. The van der Waals surface area contributed by atoms with Crippen molar-refractivity contribution < 1.29 is 24.2 Å². The molecule has 1 aliphatic heterocycles. The van der Waals surface area contributed by atoms with Crippen LogP contribution in [-0.2, 0) is 23.2 Å². The lowest BCUT2D eigenvalue weighted by Crippen LogP contribution is -2.36. The topological polar surface area (TPSA) is 120 Å². The molecule has 0 bridgehead atoms. The molecule has 5 rings (SSSR count). The summed E-state index contributed by atoms with van der Waals surface area (Å²) >= 11 is 0. The summed E-state index contributed by atoms with van der Waals surface area (Å²) in [6.07, 6.45) is 7.19. The number of aromatic nitrogens is 4. The summed E-state index contributed by atoms with van der Waals surface area (Å²) in [5.41, 5.74) is 2.88. The third-order valence-electron chi connectivity index (χ3n) is 7.93. The highest BCUT2D eigenvalue weighted by Crippen LogP contribution is 2.48. The Labute approximate surface area is 204 Å². The predicted octanol–water partition coefficient (Wildman–Crippen LogP) is 3.72. The fraction of sp³-hybridized carbons (Fsp3) is 0.640. The first-order valence-electron chi connectivity index (χ1n) is 12.5. The first-order valence-corrected chi connectivity index (χ1v) is 12.5. The number of hydrogen-bond acceptors (Lipinski definition) is 7. The molecular formula is C25H33N5O5. The molecule has 0 radical (unpaired) electrons. The van der Waals surface area contributed by atoms with E-state index in [0.717, 1.165) is 32.4 Å². The highest BCUT2D eigenvalue weighted by molar-refractivity contribution is 5.70. The number of hydrogen-bond donors (Lipinski definition) is 1. The number of aryl methyl sites for hydroxylation is 2. The van der Waals surface area contributed by atoms with Crippen LogP contribution in [0.25, 0.3) is 11.4 Å². The Morgan fingerprint density at radius 3 is 2.71 bits per heavy atom. The molecule has 2 atom stereocenters. The minimum atomic E-state index is -0.758. The van der Waals surface area contributed by atoms with Gasteiger partial charge < -0.3 is 19.5 Å². The fourth-order valence-electron chi connectivity index (χ4n) is 5.60. The van der Waals surface area contributed by atoms with Gasteiger partial charge in [0.05, 0.1) is 23.4 Å². The molecule has 188 valence electrons. The monoisotopic (exact) mass is 483 g/mol. The van der Waals surface area contributed by atoms with Gasteiger partial charge >= 0.3 is 12.1 Å². The van der Waals surface area contributed by atoms with E-state index in [1.165, 1.54) is 19.3 Å². The number of carbonyl (C=O) groups excluding carboxylic acids is 1. The second-order valence-electron chi connectivity index (χ2n) is 10.3. The molecule has 35 heavy (non-hydrogen) atoms. The van der Waals surface area contributed by atoms with Gasteiger partial charge in [0.25, 0.3) is 0 Å². The second kappa shape index (κ2) is 9.47. The molecule has 2 aromatic heterocycles.